The Bertz CT molecular complexity index is 452. The van der Waals surface area contributed by atoms with Crippen LogP contribution in [0.3, 0.4) is 0 Å². The number of sulfonamides is 1. The van der Waals surface area contributed by atoms with E-state index >= 15 is 0 Å². The number of hydrogen-bond donors (Lipinski definition) is 0. The van der Waals surface area contributed by atoms with Gasteiger partial charge in [0.15, 0.2) is 0 Å². The summed E-state index contributed by atoms with van der Waals surface area (Å²) in [5.74, 6) is 0.132. The van der Waals surface area contributed by atoms with Crippen molar-refractivity contribution >= 4 is 15.9 Å². The summed E-state index contributed by atoms with van der Waals surface area (Å²) in [5.41, 5.74) is 0. The zero-order valence-corrected chi connectivity index (χ0v) is 13.8. The van der Waals surface area contributed by atoms with E-state index in [-0.39, 0.29) is 23.8 Å². The smallest absolute Gasteiger partial charge is 0.219 e. The van der Waals surface area contributed by atoms with E-state index in [2.05, 4.69) is 0 Å². The molecular formula is C14H26N2O4S. The Labute approximate surface area is 127 Å². The van der Waals surface area contributed by atoms with Gasteiger partial charge < -0.3 is 9.64 Å². The summed E-state index contributed by atoms with van der Waals surface area (Å²) in [7, 11) is -1.46. The molecule has 0 N–H and O–H groups in total. The van der Waals surface area contributed by atoms with Crippen LogP contribution in [0.25, 0.3) is 0 Å². The fourth-order valence-corrected chi connectivity index (χ4v) is 4.75. The van der Waals surface area contributed by atoms with Crippen molar-refractivity contribution in [2.24, 2.45) is 0 Å². The summed E-state index contributed by atoms with van der Waals surface area (Å²) in [6, 6.07) is 0.153. The molecule has 0 aromatic heterocycles. The van der Waals surface area contributed by atoms with E-state index in [1.165, 1.54) is 0 Å². The Morgan fingerprint density at radius 3 is 2.43 bits per heavy atom. The van der Waals surface area contributed by atoms with Crippen molar-refractivity contribution in [3.63, 3.8) is 0 Å². The zero-order chi connectivity index (χ0) is 15.5. The fourth-order valence-electron chi connectivity index (χ4n) is 3.04. The summed E-state index contributed by atoms with van der Waals surface area (Å²) in [6.45, 7) is 3.21. The molecule has 2 heterocycles. The predicted octanol–water partition coefficient (Wildman–Crippen LogP) is 0.828. The van der Waals surface area contributed by atoms with Gasteiger partial charge in [0, 0.05) is 39.7 Å². The average molecular weight is 318 g/mol. The first-order valence-electron chi connectivity index (χ1n) is 7.73. The first-order valence-corrected chi connectivity index (χ1v) is 9.34. The van der Waals surface area contributed by atoms with Gasteiger partial charge in [-0.25, -0.2) is 12.7 Å². The molecule has 122 valence electrons. The van der Waals surface area contributed by atoms with E-state index in [1.807, 2.05) is 0 Å². The molecule has 6 nitrogen and oxygen atoms in total. The predicted molar refractivity (Wildman–Crippen MR) is 80.4 cm³/mol. The minimum atomic E-state index is -3.25. The second-order valence-corrected chi connectivity index (χ2v) is 8.04. The Morgan fingerprint density at radius 1 is 1.24 bits per heavy atom. The molecule has 2 aliphatic rings. The van der Waals surface area contributed by atoms with Crippen LogP contribution < -0.4 is 0 Å². The van der Waals surface area contributed by atoms with Crippen molar-refractivity contribution < 1.29 is 17.9 Å². The van der Waals surface area contributed by atoms with Gasteiger partial charge in [-0.2, -0.15) is 0 Å². The lowest BCUT2D eigenvalue weighted by Crippen LogP contribution is -2.48. The Morgan fingerprint density at radius 2 is 1.90 bits per heavy atom. The molecule has 2 fully saturated rings. The largest absolute Gasteiger partial charge is 0.377 e. The topological polar surface area (TPSA) is 66.9 Å². The van der Waals surface area contributed by atoms with Gasteiger partial charge in [0.2, 0.25) is 15.9 Å². The van der Waals surface area contributed by atoms with Gasteiger partial charge in [0.1, 0.15) is 0 Å². The standard InChI is InChI=1S/C14H26N2O4S/c1-12(17)15(2)13-6-8-16(9-7-13)21(18,19)11-14-5-3-4-10-20-14/h13-14H,3-11H2,1-2H3. The highest BCUT2D eigenvalue weighted by Gasteiger charge is 2.32. The maximum atomic E-state index is 12.4. The monoisotopic (exact) mass is 318 g/mol. The van der Waals surface area contributed by atoms with Gasteiger partial charge in [-0.05, 0) is 32.1 Å². The number of amides is 1. The molecular weight excluding hydrogens is 292 g/mol. The molecule has 2 aliphatic heterocycles. The number of rotatable bonds is 4. The van der Waals surface area contributed by atoms with Gasteiger partial charge in [-0.1, -0.05) is 0 Å². The molecule has 0 aromatic rings. The normalized spacial score (nSPS) is 25.7. The van der Waals surface area contributed by atoms with Crippen LogP contribution in [0.15, 0.2) is 0 Å². The van der Waals surface area contributed by atoms with Crippen LogP contribution >= 0.6 is 0 Å². The minimum Gasteiger partial charge on any atom is -0.377 e. The highest BCUT2D eigenvalue weighted by atomic mass is 32.2. The first kappa shape index (κ1) is 16.7. The van der Waals surface area contributed by atoms with Gasteiger partial charge >= 0.3 is 0 Å². The van der Waals surface area contributed by atoms with E-state index in [0.717, 1.165) is 19.3 Å². The van der Waals surface area contributed by atoms with Crippen molar-refractivity contribution in [2.75, 3.05) is 32.5 Å². The summed E-state index contributed by atoms with van der Waals surface area (Å²) >= 11 is 0. The molecule has 0 radical (unpaired) electrons. The van der Waals surface area contributed by atoms with E-state index < -0.39 is 10.0 Å². The third-order valence-corrected chi connectivity index (χ3v) is 6.48. The van der Waals surface area contributed by atoms with Crippen molar-refractivity contribution in [3.8, 4) is 0 Å². The van der Waals surface area contributed by atoms with Crippen LogP contribution in [0, 0.1) is 0 Å². The number of piperidine rings is 1. The molecule has 0 spiro atoms. The lowest BCUT2D eigenvalue weighted by Gasteiger charge is -2.36. The zero-order valence-electron chi connectivity index (χ0n) is 13.0. The van der Waals surface area contributed by atoms with Crippen LogP contribution in [0.4, 0.5) is 0 Å². The van der Waals surface area contributed by atoms with Crippen LogP contribution in [0.2, 0.25) is 0 Å². The molecule has 0 aliphatic carbocycles. The van der Waals surface area contributed by atoms with Crippen molar-refractivity contribution in [3.05, 3.63) is 0 Å². The molecule has 2 rings (SSSR count). The number of carbonyl (C=O) groups is 1. The maximum absolute atomic E-state index is 12.4. The highest BCUT2D eigenvalue weighted by Crippen LogP contribution is 2.21. The molecule has 1 amide bonds. The molecule has 0 bridgehead atoms. The SMILES string of the molecule is CC(=O)N(C)C1CCN(S(=O)(=O)CC2CCCCO2)CC1. The number of nitrogens with zero attached hydrogens (tertiary/aromatic N) is 2. The molecule has 1 unspecified atom stereocenters. The fraction of sp³-hybridized carbons (Fsp3) is 0.929. The Hall–Kier alpha value is -0.660. The highest BCUT2D eigenvalue weighted by molar-refractivity contribution is 7.89. The number of carbonyl (C=O) groups excluding carboxylic acids is 1. The third-order valence-electron chi connectivity index (χ3n) is 4.53. The van der Waals surface area contributed by atoms with Crippen LogP contribution in [0.1, 0.15) is 39.0 Å². The second kappa shape index (κ2) is 7.07. The summed E-state index contributed by atoms with van der Waals surface area (Å²) in [5, 5.41) is 0. The van der Waals surface area contributed by atoms with Gasteiger partial charge in [0.05, 0.1) is 11.9 Å². The van der Waals surface area contributed by atoms with E-state index in [1.54, 1.807) is 23.2 Å². The summed E-state index contributed by atoms with van der Waals surface area (Å²) < 4.78 is 32.0. The van der Waals surface area contributed by atoms with Crippen LogP contribution in [0.5, 0.6) is 0 Å². The molecule has 1 atom stereocenters. The van der Waals surface area contributed by atoms with Crippen molar-refractivity contribution in [1.82, 2.24) is 9.21 Å². The van der Waals surface area contributed by atoms with Gasteiger partial charge in [0.25, 0.3) is 0 Å². The summed E-state index contributed by atoms with van der Waals surface area (Å²) in [4.78, 5) is 13.1. The van der Waals surface area contributed by atoms with E-state index in [4.69, 9.17) is 4.74 Å². The van der Waals surface area contributed by atoms with Gasteiger partial charge in [-0.15, -0.1) is 0 Å². The maximum Gasteiger partial charge on any atom is 0.219 e. The van der Waals surface area contributed by atoms with E-state index in [9.17, 15) is 13.2 Å². The minimum absolute atomic E-state index is 0.0342. The van der Waals surface area contributed by atoms with Crippen LogP contribution in [-0.4, -0.2) is 68.2 Å². The third kappa shape index (κ3) is 4.40. The summed E-state index contributed by atoms with van der Waals surface area (Å²) in [6.07, 6.45) is 4.18. The first-order chi connectivity index (χ1) is 9.90. The lowest BCUT2D eigenvalue weighted by atomic mass is 10.1. The Balaban J connectivity index is 1.86. The molecule has 2 saturated heterocycles. The van der Waals surface area contributed by atoms with Crippen LogP contribution in [-0.2, 0) is 19.6 Å². The van der Waals surface area contributed by atoms with Crippen molar-refractivity contribution in [1.29, 1.82) is 0 Å². The lowest BCUT2D eigenvalue weighted by molar-refractivity contribution is -0.130. The number of hydrogen-bond acceptors (Lipinski definition) is 4. The second-order valence-electron chi connectivity index (χ2n) is 6.03. The quantitative estimate of drug-likeness (QED) is 0.770. The molecule has 0 aromatic carbocycles. The molecule has 0 saturated carbocycles. The van der Waals surface area contributed by atoms with E-state index in [0.29, 0.717) is 32.5 Å². The Kier molecular flexibility index (Phi) is 5.62. The number of ether oxygens (including phenoxy) is 1. The molecule has 21 heavy (non-hydrogen) atoms. The molecule has 7 heteroatoms. The van der Waals surface area contributed by atoms with Crippen molar-refractivity contribution in [2.45, 2.75) is 51.2 Å². The van der Waals surface area contributed by atoms with Gasteiger partial charge in [-0.3, -0.25) is 4.79 Å². The average Bonchev–Trinajstić information content (AvgIpc) is 2.47.